The Kier molecular flexibility index (Phi) is 4.30. The molecule has 126 valence electrons. The summed E-state index contributed by atoms with van der Waals surface area (Å²) < 4.78 is 9.67. The summed E-state index contributed by atoms with van der Waals surface area (Å²) in [5.41, 5.74) is 0.576. The zero-order valence-corrected chi connectivity index (χ0v) is 13.5. The van der Waals surface area contributed by atoms with E-state index in [1.807, 2.05) is 0 Å². The molecular formula is C18H14N2O5. The van der Waals surface area contributed by atoms with Gasteiger partial charge in [0.15, 0.2) is 0 Å². The molecule has 2 aromatic carbocycles. The molecule has 1 heterocycles. The third-order valence-electron chi connectivity index (χ3n) is 3.71. The third-order valence-corrected chi connectivity index (χ3v) is 3.71. The van der Waals surface area contributed by atoms with Crippen LogP contribution in [0.3, 0.4) is 0 Å². The largest absolute Gasteiger partial charge is 0.497 e. The first-order chi connectivity index (χ1) is 12.0. The van der Waals surface area contributed by atoms with Gasteiger partial charge in [0.25, 0.3) is 11.7 Å². The van der Waals surface area contributed by atoms with Crippen LogP contribution in [0.4, 0.5) is 5.69 Å². The van der Waals surface area contributed by atoms with Crippen molar-refractivity contribution >= 4 is 28.2 Å². The standard InChI is InChI=1S/C18H14N2O5/c1-10-15-9-12(5-8-14(15)18(23)25-20-10)19-17(22)16(21)11-3-6-13(24-2)7-4-11/h3-9H,1-2H3,(H,19,22). The van der Waals surface area contributed by atoms with Crippen LogP contribution in [0.2, 0.25) is 0 Å². The highest BCUT2D eigenvalue weighted by atomic mass is 16.5. The number of Topliss-reactive ketones (excluding diaryl/α,β-unsaturated/α-hetero) is 1. The molecule has 0 bridgehead atoms. The second-order valence-electron chi connectivity index (χ2n) is 5.33. The summed E-state index contributed by atoms with van der Waals surface area (Å²) in [6.45, 7) is 1.68. The van der Waals surface area contributed by atoms with Crippen molar-refractivity contribution in [2.75, 3.05) is 12.4 Å². The fraction of sp³-hybridized carbons (Fsp3) is 0.111. The Morgan fingerprint density at radius 2 is 1.80 bits per heavy atom. The van der Waals surface area contributed by atoms with Crippen LogP contribution in [0.1, 0.15) is 16.1 Å². The van der Waals surface area contributed by atoms with Crippen molar-refractivity contribution in [1.29, 1.82) is 0 Å². The molecule has 0 aliphatic heterocycles. The summed E-state index contributed by atoms with van der Waals surface area (Å²) in [4.78, 5) is 36.0. The van der Waals surface area contributed by atoms with Gasteiger partial charge in [-0.1, -0.05) is 5.16 Å². The number of ketones is 1. The van der Waals surface area contributed by atoms with Crippen molar-refractivity contribution in [1.82, 2.24) is 5.16 Å². The van der Waals surface area contributed by atoms with Gasteiger partial charge in [-0.2, -0.15) is 0 Å². The lowest BCUT2D eigenvalue weighted by Gasteiger charge is -2.07. The van der Waals surface area contributed by atoms with Crippen molar-refractivity contribution in [3.05, 3.63) is 64.1 Å². The average molecular weight is 338 g/mol. The van der Waals surface area contributed by atoms with Crippen LogP contribution in [-0.2, 0) is 4.79 Å². The molecule has 0 radical (unpaired) electrons. The molecule has 3 aromatic rings. The van der Waals surface area contributed by atoms with E-state index in [0.29, 0.717) is 27.9 Å². The number of rotatable bonds is 4. The Morgan fingerprint density at radius 1 is 1.08 bits per heavy atom. The average Bonchev–Trinajstić information content (AvgIpc) is 2.64. The van der Waals surface area contributed by atoms with Crippen LogP contribution >= 0.6 is 0 Å². The molecule has 0 saturated heterocycles. The maximum absolute atomic E-state index is 12.2. The first-order valence-electron chi connectivity index (χ1n) is 7.39. The maximum Gasteiger partial charge on any atom is 0.366 e. The number of aryl methyl sites for hydroxylation is 1. The van der Waals surface area contributed by atoms with E-state index in [-0.39, 0.29) is 5.56 Å². The summed E-state index contributed by atoms with van der Waals surface area (Å²) in [7, 11) is 1.51. The number of nitrogens with one attached hydrogen (secondary N) is 1. The molecule has 1 N–H and O–H groups in total. The Morgan fingerprint density at radius 3 is 2.48 bits per heavy atom. The number of anilines is 1. The number of amides is 1. The molecule has 1 aromatic heterocycles. The molecule has 1 amide bonds. The highest BCUT2D eigenvalue weighted by molar-refractivity contribution is 6.46. The maximum atomic E-state index is 12.2. The number of hydrogen-bond acceptors (Lipinski definition) is 6. The van der Waals surface area contributed by atoms with Gasteiger partial charge in [-0.05, 0) is 49.4 Å². The number of benzene rings is 2. The quantitative estimate of drug-likeness (QED) is 0.579. The highest BCUT2D eigenvalue weighted by Gasteiger charge is 2.17. The smallest absolute Gasteiger partial charge is 0.366 e. The van der Waals surface area contributed by atoms with Gasteiger partial charge in [-0.3, -0.25) is 9.59 Å². The number of nitrogens with zero attached hydrogens (tertiary/aromatic N) is 1. The minimum absolute atomic E-state index is 0.248. The molecular weight excluding hydrogens is 324 g/mol. The first kappa shape index (κ1) is 16.4. The molecule has 7 nitrogen and oxygen atoms in total. The molecule has 0 atom stereocenters. The number of ether oxygens (including phenoxy) is 1. The number of aromatic nitrogens is 1. The summed E-state index contributed by atoms with van der Waals surface area (Å²) in [6, 6.07) is 10.9. The minimum Gasteiger partial charge on any atom is -0.497 e. The normalized spacial score (nSPS) is 10.5. The van der Waals surface area contributed by atoms with Gasteiger partial charge in [0.05, 0.1) is 18.2 Å². The molecule has 25 heavy (non-hydrogen) atoms. The van der Waals surface area contributed by atoms with Crippen LogP contribution < -0.4 is 15.7 Å². The molecule has 0 fully saturated rings. The summed E-state index contributed by atoms with van der Waals surface area (Å²) in [5.74, 6) is -0.864. The topological polar surface area (TPSA) is 98.5 Å². The van der Waals surface area contributed by atoms with Gasteiger partial charge in [-0.15, -0.1) is 0 Å². The van der Waals surface area contributed by atoms with E-state index in [9.17, 15) is 14.4 Å². The zero-order valence-electron chi connectivity index (χ0n) is 13.5. The monoisotopic (exact) mass is 338 g/mol. The van der Waals surface area contributed by atoms with Crippen LogP contribution in [0.25, 0.3) is 10.8 Å². The lowest BCUT2D eigenvalue weighted by atomic mass is 10.1. The zero-order chi connectivity index (χ0) is 18.0. The second-order valence-corrected chi connectivity index (χ2v) is 5.33. The van der Waals surface area contributed by atoms with E-state index in [1.54, 1.807) is 25.1 Å². The molecule has 0 aliphatic carbocycles. The van der Waals surface area contributed by atoms with Gasteiger partial charge in [0, 0.05) is 16.6 Å². The van der Waals surface area contributed by atoms with Crippen LogP contribution in [0, 0.1) is 6.92 Å². The van der Waals surface area contributed by atoms with E-state index in [2.05, 4.69) is 15.0 Å². The van der Waals surface area contributed by atoms with E-state index in [4.69, 9.17) is 4.74 Å². The van der Waals surface area contributed by atoms with Crippen LogP contribution in [0.15, 0.2) is 51.8 Å². The number of methoxy groups -OCH3 is 1. The van der Waals surface area contributed by atoms with Gasteiger partial charge >= 0.3 is 5.63 Å². The van der Waals surface area contributed by atoms with E-state index < -0.39 is 17.3 Å². The Balaban J connectivity index is 1.84. The molecule has 0 saturated carbocycles. The molecule has 0 unspecified atom stereocenters. The number of carbonyl (C=O) groups is 2. The summed E-state index contributed by atoms with van der Waals surface area (Å²) >= 11 is 0. The molecule has 0 aliphatic rings. The summed E-state index contributed by atoms with van der Waals surface area (Å²) in [5, 5.41) is 7.08. The van der Waals surface area contributed by atoms with Crippen molar-refractivity contribution in [3.8, 4) is 5.75 Å². The number of carbonyl (C=O) groups excluding carboxylic acids is 2. The molecule has 0 spiro atoms. The van der Waals surface area contributed by atoms with Gasteiger partial charge < -0.3 is 14.6 Å². The fourth-order valence-electron chi connectivity index (χ4n) is 2.37. The Bertz CT molecular complexity index is 1020. The van der Waals surface area contributed by atoms with E-state index >= 15 is 0 Å². The third kappa shape index (κ3) is 3.25. The molecule has 7 heteroatoms. The second kappa shape index (κ2) is 6.56. The number of fused-ring (bicyclic) bond motifs is 1. The van der Waals surface area contributed by atoms with Crippen LogP contribution in [0.5, 0.6) is 5.75 Å². The van der Waals surface area contributed by atoms with Crippen LogP contribution in [-0.4, -0.2) is 24.0 Å². The lowest BCUT2D eigenvalue weighted by Crippen LogP contribution is -2.22. The van der Waals surface area contributed by atoms with Gasteiger partial charge in [0.2, 0.25) is 0 Å². The van der Waals surface area contributed by atoms with Crippen molar-refractivity contribution in [3.63, 3.8) is 0 Å². The van der Waals surface area contributed by atoms with Gasteiger partial charge in [-0.25, -0.2) is 4.79 Å². The number of hydrogen-bond donors (Lipinski definition) is 1. The lowest BCUT2D eigenvalue weighted by molar-refractivity contribution is -0.112. The van der Waals surface area contributed by atoms with Gasteiger partial charge in [0.1, 0.15) is 5.75 Å². The highest BCUT2D eigenvalue weighted by Crippen LogP contribution is 2.19. The fourth-order valence-corrected chi connectivity index (χ4v) is 2.37. The summed E-state index contributed by atoms with van der Waals surface area (Å²) in [6.07, 6.45) is 0. The predicted molar refractivity (Wildman–Crippen MR) is 91.0 cm³/mol. The predicted octanol–water partition coefficient (Wildman–Crippen LogP) is 2.33. The molecule has 3 rings (SSSR count). The Labute approximate surface area is 142 Å². The van der Waals surface area contributed by atoms with E-state index in [1.165, 1.54) is 31.4 Å². The first-order valence-corrected chi connectivity index (χ1v) is 7.39. The van der Waals surface area contributed by atoms with E-state index in [0.717, 1.165) is 0 Å². The van der Waals surface area contributed by atoms with Crippen molar-refractivity contribution < 1.29 is 18.8 Å². The van der Waals surface area contributed by atoms with Crippen molar-refractivity contribution in [2.24, 2.45) is 0 Å². The SMILES string of the molecule is COc1ccc(C(=O)C(=O)Nc2ccc3c(=O)onc(C)c3c2)cc1. The van der Waals surface area contributed by atoms with Crippen molar-refractivity contribution in [2.45, 2.75) is 6.92 Å². The minimum atomic E-state index is -0.780. The Hall–Kier alpha value is -3.48.